The van der Waals surface area contributed by atoms with Crippen LogP contribution in [0.3, 0.4) is 0 Å². The van der Waals surface area contributed by atoms with Gasteiger partial charge in [0, 0.05) is 18.4 Å². The van der Waals surface area contributed by atoms with Crippen LogP contribution < -0.4 is 9.47 Å². The third kappa shape index (κ3) is 3.78. The molecule has 25 heavy (non-hydrogen) atoms. The number of H-pyrrole nitrogens is 1. The highest BCUT2D eigenvalue weighted by atomic mass is 16.5. The summed E-state index contributed by atoms with van der Waals surface area (Å²) < 4.78 is 16.6. The zero-order valence-corrected chi connectivity index (χ0v) is 14.9. The second kappa shape index (κ2) is 7.86. The smallest absolute Gasteiger partial charge is 0.161 e. The fourth-order valence-electron chi connectivity index (χ4n) is 3.32. The van der Waals surface area contributed by atoms with Gasteiger partial charge in [-0.2, -0.15) is 0 Å². The molecule has 1 aliphatic heterocycles. The molecule has 0 amide bonds. The lowest BCUT2D eigenvalue weighted by Gasteiger charge is -2.40. The Kier molecular flexibility index (Phi) is 5.57. The average molecular weight is 347 g/mol. The van der Waals surface area contributed by atoms with Crippen molar-refractivity contribution < 1.29 is 19.3 Å². The lowest BCUT2D eigenvalue weighted by molar-refractivity contribution is -0.0966. The summed E-state index contributed by atoms with van der Waals surface area (Å²) in [6, 6.07) is 5.72. The Bertz CT molecular complexity index is 703. The Balaban J connectivity index is 1.91. The van der Waals surface area contributed by atoms with Crippen LogP contribution >= 0.6 is 0 Å². The van der Waals surface area contributed by atoms with Crippen molar-refractivity contribution in [3.8, 4) is 11.5 Å². The topological polar surface area (TPSA) is 79.8 Å². The first kappa shape index (κ1) is 17.7. The summed E-state index contributed by atoms with van der Waals surface area (Å²) in [4.78, 5) is 9.94. The number of nitrogens with zero attached hydrogens (tertiary/aromatic N) is 2. The average Bonchev–Trinajstić information content (AvgIpc) is 3.05. The number of aryl methyl sites for hydroxylation is 1. The highest BCUT2D eigenvalue weighted by Crippen LogP contribution is 2.36. The number of aromatic nitrogens is 2. The van der Waals surface area contributed by atoms with Gasteiger partial charge in [-0.1, -0.05) is 6.07 Å². The minimum absolute atomic E-state index is 0.0489. The molecule has 3 rings (SSSR count). The minimum atomic E-state index is -0.303. The SMILES string of the molecule is COc1ccc([C@@H]2[C@@H](CO)OCCN2Cc2ncc(C)[nH]2)cc1OC. The summed E-state index contributed by atoms with van der Waals surface area (Å²) >= 11 is 0. The Morgan fingerprint density at radius 1 is 1.32 bits per heavy atom. The van der Waals surface area contributed by atoms with E-state index in [9.17, 15) is 5.11 Å². The molecule has 2 aromatic rings. The van der Waals surface area contributed by atoms with Gasteiger partial charge in [-0.15, -0.1) is 0 Å². The summed E-state index contributed by atoms with van der Waals surface area (Å²) in [5, 5.41) is 9.81. The number of aliphatic hydroxyl groups is 1. The maximum Gasteiger partial charge on any atom is 0.161 e. The lowest BCUT2D eigenvalue weighted by atomic mass is 9.97. The molecule has 1 saturated heterocycles. The Hall–Kier alpha value is -2.09. The molecule has 2 atom stereocenters. The molecule has 0 radical (unpaired) electrons. The molecular formula is C18H25N3O4. The van der Waals surface area contributed by atoms with Crippen molar-refractivity contribution in [3.63, 3.8) is 0 Å². The van der Waals surface area contributed by atoms with Crippen molar-refractivity contribution in [2.45, 2.75) is 25.6 Å². The number of aliphatic hydroxyl groups excluding tert-OH is 1. The number of methoxy groups -OCH3 is 2. The van der Waals surface area contributed by atoms with Gasteiger partial charge in [0.15, 0.2) is 11.5 Å². The quantitative estimate of drug-likeness (QED) is 0.827. The van der Waals surface area contributed by atoms with E-state index in [0.29, 0.717) is 24.7 Å². The molecule has 1 aliphatic rings. The number of nitrogens with one attached hydrogen (secondary N) is 1. The maximum atomic E-state index is 9.81. The van der Waals surface area contributed by atoms with Crippen molar-refractivity contribution in [2.24, 2.45) is 0 Å². The first-order valence-electron chi connectivity index (χ1n) is 8.35. The van der Waals surface area contributed by atoms with E-state index in [1.807, 2.05) is 31.3 Å². The van der Waals surface area contributed by atoms with Crippen LogP contribution in [0.2, 0.25) is 0 Å². The largest absolute Gasteiger partial charge is 0.493 e. The van der Waals surface area contributed by atoms with E-state index < -0.39 is 0 Å². The molecule has 0 spiro atoms. The maximum absolute atomic E-state index is 9.81. The zero-order valence-electron chi connectivity index (χ0n) is 14.9. The van der Waals surface area contributed by atoms with Crippen LogP contribution in [0.4, 0.5) is 0 Å². The van der Waals surface area contributed by atoms with Gasteiger partial charge in [-0.3, -0.25) is 4.90 Å². The molecule has 136 valence electrons. The summed E-state index contributed by atoms with van der Waals surface area (Å²) in [6.45, 7) is 3.93. The lowest BCUT2D eigenvalue weighted by Crippen LogP contribution is -2.46. The molecule has 1 aromatic heterocycles. The monoisotopic (exact) mass is 347 g/mol. The summed E-state index contributed by atoms with van der Waals surface area (Å²) in [7, 11) is 3.23. The molecule has 7 nitrogen and oxygen atoms in total. The van der Waals surface area contributed by atoms with Gasteiger partial charge in [-0.05, 0) is 24.6 Å². The third-order valence-electron chi connectivity index (χ3n) is 4.49. The highest BCUT2D eigenvalue weighted by molar-refractivity contribution is 5.44. The molecule has 7 heteroatoms. The normalized spacial score (nSPS) is 21.3. The fourth-order valence-corrected chi connectivity index (χ4v) is 3.32. The standard InChI is InChI=1S/C18H25N3O4/c1-12-9-19-17(20-12)10-21-6-7-25-16(11-22)18(21)13-4-5-14(23-2)15(8-13)24-3/h4-5,8-9,16,18,22H,6-7,10-11H2,1-3H3,(H,19,20)/t16-,18-/m1/s1. The predicted octanol–water partition coefficient (Wildman–Crippen LogP) is 1.67. The number of benzene rings is 1. The number of morpholine rings is 1. The van der Waals surface area contributed by atoms with Crippen LogP contribution in [0.15, 0.2) is 24.4 Å². The van der Waals surface area contributed by atoms with Gasteiger partial charge >= 0.3 is 0 Å². The van der Waals surface area contributed by atoms with Gasteiger partial charge in [-0.25, -0.2) is 4.98 Å². The molecule has 2 N–H and O–H groups in total. The molecular weight excluding hydrogens is 322 g/mol. The number of hydrogen-bond donors (Lipinski definition) is 2. The Morgan fingerprint density at radius 3 is 2.76 bits per heavy atom. The number of aromatic amines is 1. The molecule has 1 aromatic carbocycles. The first-order valence-corrected chi connectivity index (χ1v) is 8.35. The van der Waals surface area contributed by atoms with Gasteiger partial charge in [0.1, 0.15) is 11.9 Å². The fraction of sp³-hybridized carbons (Fsp3) is 0.500. The summed E-state index contributed by atoms with van der Waals surface area (Å²) in [5.41, 5.74) is 2.05. The van der Waals surface area contributed by atoms with Crippen molar-refractivity contribution in [2.75, 3.05) is 34.0 Å². The van der Waals surface area contributed by atoms with E-state index in [2.05, 4.69) is 14.9 Å². The van der Waals surface area contributed by atoms with E-state index >= 15 is 0 Å². The van der Waals surface area contributed by atoms with E-state index in [1.54, 1.807) is 14.2 Å². The van der Waals surface area contributed by atoms with E-state index in [1.165, 1.54) is 0 Å². The number of rotatable bonds is 6. The van der Waals surface area contributed by atoms with E-state index in [0.717, 1.165) is 23.6 Å². The van der Waals surface area contributed by atoms with Crippen molar-refractivity contribution >= 4 is 0 Å². The van der Waals surface area contributed by atoms with Crippen LogP contribution in [0.1, 0.15) is 23.1 Å². The first-order chi connectivity index (χ1) is 12.2. The Morgan fingerprint density at radius 2 is 2.12 bits per heavy atom. The zero-order chi connectivity index (χ0) is 17.8. The molecule has 0 bridgehead atoms. The predicted molar refractivity (Wildman–Crippen MR) is 92.8 cm³/mol. The van der Waals surface area contributed by atoms with Crippen LogP contribution in [-0.4, -0.2) is 60.1 Å². The van der Waals surface area contributed by atoms with Crippen LogP contribution in [-0.2, 0) is 11.3 Å². The van der Waals surface area contributed by atoms with E-state index in [4.69, 9.17) is 14.2 Å². The van der Waals surface area contributed by atoms with Gasteiger partial charge < -0.3 is 24.3 Å². The third-order valence-corrected chi connectivity index (χ3v) is 4.49. The van der Waals surface area contributed by atoms with Crippen LogP contribution in [0.25, 0.3) is 0 Å². The molecule has 1 fully saturated rings. The summed E-state index contributed by atoms with van der Waals surface area (Å²) in [5.74, 6) is 2.24. The number of imidazole rings is 1. The number of ether oxygens (including phenoxy) is 3. The van der Waals surface area contributed by atoms with Gasteiger partial charge in [0.05, 0.1) is 40.0 Å². The Labute approximate surface area is 147 Å². The molecule has 2 heterocycles. The molecule has 0 saturated carbocycles. The van der Waals surface area contributed by atoms with Gasteiger partial charge in [0.25, 0.3) is 0 Å². The molecule has 0 aliphatic carbocycles. The summed E-state index contributed by atoms with van der Waals surface area (Å²) in [6.07, 6.45) is 1.52. The van der Waals surface area contributed by atoms with Crippen LogP contribution in [0.5, 0.6) is 11.5 Å². The van der Waals surface area contributed by atoms with Gasteiger partial charge in [0.2, 0.25) is 0 Å². The van der Waals surface area contributed by atoms with Crippen LogP contribution in [0, 0.1) is 6.92 Å². The molecule has 0 unspecified atom stereocenters. The second-order valence-electron chi connectivity index (χ2n) is 6.13. The minimum Gasteiger partial charge on any atom is -0.493 e. The number of hydrogen-bond acceptors (Lipinski definition) is 6. The van der Waals surface area contributed by atoms with E-state index in [-0.39, 0.29) is 18.8 Å². The van der Waals surface area contributed by atoms with Crippen molar-refractivity contribution in [1.29, 1.82) is 0 Å². The van der Waals surface area contributed by atoms with Crippen molar-refractivity contribution in [1.82, 2.24) is 14.9 Å². The second-order valence-corrected chi connectivity index (χ2v) is 6.13. The van der Waals surface area contributed by atoms with Crippen molar-refractivity contribution in [3.05, 3.63) is 41.5 Å². The highest BCUT2D eigenvalue weighted by Gasteiger charge is 2.34.